The van der Waals surface area contributed by atoms with Gasteiger partial charge < -0.3 is 14.8 Å². The molecule has 0 aliphatic heterocycles. The molecule has 1 aromatic carbocycles. The highest BCUT2D eigenvalue weighted by Crippen LogP contribution is 2.67. The fraction of sp³-hybridized carbons (Fsp3) is 0.618. The number of benzene rings is 1. The van der Waals surface area contributed by atoms with E-state index < -0.39 is 17.1 Å². The van der Waals surface area contributed by atoms with Crippen LogP contribution >= 0.6 is 11.8 Å². The lowest BCUT2D eigenvalue weighted by atomic mass is 9.45. The Morgan fingerprint density at radius 1 is 1.19 bits per heavy atom. The van der Waals surface area contributed by atoms with Crippen molar-refractivity contribution >= 4 is 34.7 Å². The number of carbonyl (C=O) groups excluding carboxylic acids is 1. The fourth-order valence-corrected chi connectivity index (χ4v) is 10.6. The minimum absolute atomic E-state index is 0.0926. The minimum atomic E-state index is -1.44. The van der Waals surface area contributed by atoms with E-state index in [9.17, 15) is 15.0 Å². The Kier molecular flexibility index (Phi) is 6.27. The Labute approximate surface area is 252 Å². The standard InChI is InChI=1S/C34H44N4O3S/c1-31(2,3)38-26-15-21-11-12-22-23-13-14-34(41,28(40)19-42-30-36-24-9-7-8-10-25(24)37(30)6)33(23,5)17-27(39)29(22)32(21,4)16-20(26)18-35-38/h7-10,15,18,22-23,27,29,39,41H,11-14,16-17,19H2,1-6H3/t22?,23?,27-,29?,32?,33?,34-/m0/s1. The largest absolute Gasteiger partial charge is 0.393 e. The first kappa shape index (κ1) is 28.4. The van der Waals surface area contributed by atoms with Gasteiger partial charge in [0.05, 0.1) is 40.3 Å². The predicted octanol–water partition coefficient (Wildman–Crippen LogP) is 5.77. The van der Waals surface area contributed by atoms with Gasteiger partial charge in [-0.2, -0.15) is 5.10 Å². The van der Waals surface area contributed by atoms with E-state index in [1.54, 1.807) is 0 Å². The van der Waals surface area contributed by atoms with Gasteiger partial charge >= 0.3 is 0 Å². The number of aryl methyl sites for hydroxylation is 1. The maximum absolute atomic E-state index is 13.9. The molecule has 7 rings (SSSR count). The summed E-state index contributed by atoms with van der Waals surface area (Å²) in [5, 5.41) is 29.7. The third kappa shape index (κ3) is 3.83. The van der Waals surface area contributed by atoms with Crippen LogP contribution in [-0.4, -0.2) is 52.8 Å². The molecule has 5 unspecified atom stereocenters. The zero-order valence-corrected chi connectivity index (χ0v) is 26.5. The Balaban J connectivity index is 1.14. The van der Waals surface area contributed by atoms with Gasteiger partial charge in [-0.1, -0.05) is 43.3 Å². The average molecular weight is 589 g/mol. The van der Waals surface area contributed by atoms with Crippen LogP contribution in [0.5, 0.6) is 0 Å². The molecule has 3 aromatic rings. The maximum atomic E-state index is 13.9. The number of aliphatic hydroxyl groups is 2. The van der Waals surface area contributed by atoms with Crippen LogP contribution in [0.4, 0.5) is 0 Å². The van der Waals surface area contributed by atoms with Crippen LogP contribution in [0, 0.1) is 28.6 Å². The van der Waals surface area contributed by atoms with Crippen molar-refractivity contribution in [2.45, 2.75) is 95.5 Å². The van der Waals surface area contributed by atoms with E-state index in [0.717, 1.165) is 41.9 Å². The molecule has 0 amide bonds. The quantitative estimate of drug-likeness (QED) is 0.376. The van der Waals surface area contributed by atoms with Gasteiger partial charge in [-0.25, -0.2) is 4.98 Å². The van der Waals surface area contributed by atoms with Gasteiger partial charge in [-0.05, 0) is 106 Å². The van der Waals surface area contributed by atoms with Crippen molar-refractivity contribution in [2.75, 3.05) is 5.75 Å². The summed E-state index contributed by atoms with van der Waals surface area (Å²) in [7, 11) is 1.97. The van der Waals surface area contributed by atoms with Crippen LogP contribution in [0.15, 0.2) is 41.2 Å². The molecule has 3 fully saturated rings. The molecule has 2 heterocycles. The molecule has 8 heteroatoms. The second-order valence-corrected chi connectivity index (χ2v) is 15.9. The van der Waals surface area contributed by atoms with Gasteiger partial charge in [0.2, 0.25) is 0 Å². The minimum Gasteiger partial charge on any atom is -0.393 e. The monoisotopic (exact) mass is 588 g/mol. The number of hydrogen-bond donors (Lipinski definition) is 2. The number of carbonyl (C=O) groups is 1. The summed E-state index contributed by atoms with van der Waals surface area (Å²) in [5.74, 6) is 0.626. The molecule has 4 aliphatic carbocycles. The second-order valence-electron chi connectivity index (χ2n) is 15.0. The van der Waals surface area contributed by atoms with Gasteiger partial charge in [-0.15, -0.1) is 0 Å². The molecule has 7 atom stereocenters. The number of para-hydroxylation sites is 2. The molecule has 0 radical (unpaired) electrons. The molecule has 0 saturated heterocycles. The summed E-state index contributed by atoms with van der Waals surface area (Å²) < 4.78 is 4.16. The molecule has 0 bridgehead atoms. The van der Waals surface area contributed by atoms with Gasteiger partial charge in [0.15, 0.2) is 10.9 Å². The van der Waals surface area contributed by atoms with E-state index >= 15 is 0 Å². The van der Waals surface area contributed by atoms with Crippen molar-refractivity contribution < 1.29 is 15.0 Å². The number of rotatable bonds is 4. The second kappa shape index (κ2) is 9.29. The number of thioether (sulfide) groups is 1. The van der Waals surface area contributed by atoms with Gasteiger partial charge in [0.1, 0.15) is 5.60 Å². The van der Waals surface area contributed by atoms with Crippen molar-refractivity contribution in [3.05, 3.63) is 47.3 Å². The zero-order valence-electron chi connectivity index (χ0n) is 25.7. The molecule has 0 spiro atoms. The number of hydrogen-bond acceptors (Lipinski definition) is 6. The van der Waals surface area contributed by atoms with Gasteiger partial charge in [-0.3, -0.25) is 9.48 Å². The Morgan fingerprint density at radius 2 is 1.95 bits per heavy atom. The predicted molar refractivity (Wildman–Crippen MR) is 166 cm³/mol. The number of aliphatic hydroxyl groups excluding tert-OH is 1. The highest BCUT2D eigenvalue weighted by Gasteiger charge is 2.68. The van der Waals surface area contributed by atoms with Crippen molar-refractivity contribution in [3.63, 3.8) is 0 Å². The first-order chi connectivity index (χ1) is 19.8. The molecule has 2 aromatic heterocycles. The van der Waals surface area contributed by atoms with Crippen LogP contribution in [0.25, 0.3) is 17.1 Å². The average Bonchev–Trinajstić information content (AvgIpc) is 3.57. The highest BCUT2D eigenvalue weighted by molar-refractivity contribution is 7.99. The summed E-state index contributed by atoms with van der Waals surface area (Å²) in [5.41, 5.74) is 3.50. The lowest BCUT2D eigenvalue weighted by Crippen LogP contribution is -2.62. The third-order valence-electron chi connectivity index (χ3n) is 11.8. The molecule has 7 nitrogen and oxygen atoms in total. The topological polar surface area (TPSA) is 93.2 Å². The van der Waals surface area contributed by atoms with E-state index in [4.69, 9.17) is 10.1 Å². The van der Waals surface area contributed by atoms with E-state index in [-0.39, 0.29) is 40.2 Å². The van der Waals surface area contributed by atoms with Crippen LogP contribution in [0.3, 0.4) is 0 Å². The lowest BCUT2D eigenvalue weighted by molar-refractivity contribution is -0.177. The highest BCUT2D eigenvalue weighted by atomic mass is 32.2. The van der Waals surface area contributed by atoms with Crippen molar-refractivity contribution in [2.24, 2.45) is 35.6 Å². The van der Waals surface area contributed by atoms with Gasteiger partial charge in [0.25, 0.3) is 0 Å². The Morgan fingerprint density at radius 3 is 2.69 bits per heavy atom. The van der Waals surface area contributed by atoms with E-state index in [1.807, 2.05) is 42.1 Å². The van der Waals surface area contributed by atoms with E-state index in [0.29, 0.717) is 12.8 Å². The molecule has 3 saturated carbocycles. The van der Waals surface area contributed by atoms with Crippen LogP contribution in [0.1, 0.15) is 78.0 Å². The Hall–Kier alpha value is -2.42. The fourth-order valence-electron chi connectivity index (χ4n) is 9.68. The molecule has 2 N–H and O–H groups in total. The third-order valence-corrected chi connectivity index (χ3v) is 12.8. The van der Waals surface area contributed by atoms with Gasteiger partial charge in [0, 0.05) is 12.5 Å². The first-order valence-electron chi connectivity index (χ1n) is 15.5. The van der Waals surface area contributed by atoms with Crippen molar-refractivity contribution in [3.8, 4) is 0 Å². The number of nitrogens with zero attached hydrogens (tertiary/aromatic N) is 4. The number of ketones is 1. The number of fused-ring (bicyclic) bond motifs is 7. The smallest absolute Gasteiger partial charge is 0.175 e. The SMILES string of the molecule is Cn1c(SCC(=O)[C@@]2(O)CCC3C4CCC5=Cc6c(cnn6C(C)(C)C)CC5(C)C4[C@@H](O)CC32C)nc2ccccc21. The molecule has 4 aliphatic rings. The lowest BCUT2D eigenvalue weighted by Gasteiger charge is -2.60. The number of Topliss-reactive ketones (excluding diaryl/α,β-unsaturated/α-hetero) is 1. The van der Waals surface area contributed by atoms with Crippen LogP contribution < -0.4 is 0 Å². The summed E-state index contributed by atoms with van der Waals surface area (Å²) in [6, 6.07) is 7.96. The summed E-state index contributed by atoms with van der Waals surface area (Å²) >= 11 is 1.40. The van der Waals surface area contributed by atoms with Crippen LogP contribution in [-0.2, 0) is 23.8 Å². The zero-order chi connectivity index (χ0) is 29.8. The number of allylic oxidation sites excluding steroid dienone is 1. The molecular formula is C34H44N4O3S. The van der Waals surface area contributed by atoms with E-state index in [2.05, 4.69) is 45.4 Å². The summed E-state index contributed by atoms with van der Waals surface area (Å²) in [4.78, 5) is 18.6. The summed E-state index contributed by atoms with van der Waals surface area (Å²) in [6.45, 7) is 11.0. The molecule has 42 heavy (non-hydrogen) atoms. The Bertz CT molecular complexity index is 1620. The molecular weight excluding hydrogens is 544 g/mol. The molecule has 224 valence electrons. The first-order valence-corrected chi connectivity index (χ1v) is 16.5. The summed E-state index contributed by atoms with van der Waals surface area (Å²) in [6.07, 6.45) is 8.41. The number of aromatic nitrogens is 4. The maximum Gasteiger partial charge on any atom is 0.175 e. The van der Waals surface area contributed by atoms with Crippen molar-refractivity contribution in [1.29, 1.82) is 0 Å². The number of imidazole rings is 1. The normalized spacial score (nSPS) is 35.8. The van der Waals surface area contributed by atoms with E-state index in [1.165, 1.54) is 28.6 Å². The van der Waals surface area contributed by atoms with Crippen molar-refractivity contribution in [1.82, 2.24) is 19.3 Å². The van der Waals surface area contributed by atoms with Crippen LogP contribution in [0.2, 0.25) is 0 Å².